The summed E-state index contributed by atoms with van der Waals surface area (Å²) in [6.07, 6.45) is 1.31. The van der Waals surface area contributed by atoms with Gasteiger partial charge in [-0.05, 0) is 37.1 Å². The fourth-order valence-corrected chi connectivity index (χ4v) is 2.53. The van der Waals surface area contributed by atoms with Gasteiger partial charge in [0.1, 0.15) is 0 Å². The number of likely N-dealkylation sites (tertiary alicyclic amines) is 1. The molecule has 0 unspecified atom stereocenters. The molecule has 1 atom stereocenters. The lowest BCUT2D eigenvalue weighted by Crippen LogP contribution is -2.42. The zero-order valence-electron chi connectivity index (χ0n) is 13.4. The Morgan fingerprint density at radius 3 is 2.43 bits per heavy atom. The van der Waals surface area contributed by atoms with Crippen molar-refractivity contribution in [2.75, 3.05) is 18.4 Å². The second-order valence-electron chi connectivity index (χ2n) is 6.15. The van der Waals surface area contributed by atoms with Crippen LogP contribution in [0.5, 0.6) is 0 Å². The van der Waals surface area contributed by atoms with Gasteiger partial charge in [0, 0.05) is 30.3 Å². The highest BCUT2D eigenvalue weighted by atomic mass is 16.4. The molecule has 1 aromatic carbocycles. The normalized spacial score (nSPS) is 17.9. The van der Waals surface area contributed by atoms with Crippen molar-refractivity contribution in [3.63, 3.8) is 0 Å². The molecule has 0 aromatic heterocycles. The molecule has 0 saturated carbocycles. The molecule has 2 rings (SSSR count). The molecule has 1 aliphatic rings. The Morgan fingerprint density at radius 1 is 1.22 bits per heavy atom. The zero-order valence-corrected chi connectivity index (χ0v) is 13.4. The van der Waals surface area contributed by atoms with E-state index in [1.54, 1.807) is 29.2 Å². The molecule has 1 aromatic rings. The summed E-state index contributed by atoms with van der Waals surface area (Å²) in [4.78, 5) is 36.8. The molecule has 1 fully saturated rings. The summed E-state index contributed by atoms with van der Waals surface area (Å²) in [5.41, 5.74) is 1.14. The Balaban J connectivity index is 2.02. The second kappa shape index (κ2) is 7.26. The summed E-state index contributed by atoms with van der Waals surface area (Å²) >= 11 is 0. The topological polar surface area (TPSA) is 86.7 Å². The number of hydrogen-bond acceptors (Lipinski definition) is 3. The van der Waals surface area contributed by atoms with Crippen LogP contribution in [0.2, 0.25) is 0 Å². The summed E-state index contributed by atoms with van der Waals surface area (Å²) in [5.74, 6) is -1.70. The molecule has 0 bridgehead atoms. The number of carboxylic acid groups (broad SMARTS) is 1. The molecular weight excluding hydrogens is 296 g/mol. The van der Waals surface area contributed by atoms with Crippen LogP contribution in [0, 0.1) is 11.8 Å². The number of anilines is 1. The number of nitrogens with one attached hydrogen (secondary N) is 1. The minimum Gasteiger partial charge on any atom is -0.481 e. The van der Waals surface area contributed by atoms with E-state index < -0.39 is 11.9 Å². The summed E-state index contributed by atoms with van der Waals surface area (Å²) in [6, 6.07) is 6.68. The van der Waals surface area contributed by atoms with Crippen LogP contribution in [0.1, 0.15) is 37.0 Å². The molecule has 1 aliphatic heterocycles. The fourth-order valence-electron chi connectivity index (χ4n) is 2.53. The van der Waals surface area contributed by atoms with Crippen LogP contribution in [0.15, 0.2) is 24.3 Å². The smallest absolute Gasteiger partial charge is 0.308 e. The predicted molar refractivity (Wildman–Crippen MR) is 86.2 cm³/mol. The van der Waals surface area contributed by atoms with E-state index >= 15 is 0 Å². The fraction of sp³-hybridized carbons (Fsp3) is 0.471. The van der Waals surface area contributed by atoms with Crippen molar-refractivity contribution < 1.29 is 19.5 Å². The maximum atomic E-state index is 12.5. The molecule has 124 valence electrons. The van der Waals surface area contributed by atoms with Crippen molar-refractivity contribution in [1.82, 2.24) is 4.90 Å². The van der Waals surface area contributed by atoms with Crippen LogP contribution in [0.4, 0.5) is 5.69 Å². The molecule has 6 nitrogen and oxygen atoms in total. The third-order valence-electron chi connectivity index (χ3n) is 3.98. The van der Waals surface area contributed by atoms with Gasteiger partial charge in [-0.25, -0.2) is 0 Å². The Kier molecular flexibility index (Phi) is 5.36. The number of carbonyl (C=O) groups excluding carboxylic acids is 2. The average molecular weight is 318 g/mol. The summed E-state index contributed by atoms with van der Waals surface area (Å²) < 4.78 is 0. The van der Waals surface area contributed by atoms with Crippen LogP contribution in [0.25, 0.3) is 0 Å². The standard InChI is InChI=1S/C17H22N2O4/c1-11(2)15(20)18-14-7-5-12(6-8-14)16(21)19-9-3-4-13(10-19)17(22)23/h5-8,11,13H,3-4,9-10H2,1-2H3,(H,18,20)(H,22,23)/t13-/m1/s1. The first-order valence-corrected chi connectivity index (χ1v) is 7.81. The third kappa shape index (κ3) is 4.31. The number of aliphatic carboxylic acids is 1. The summed E-state index contributed by atoms with van der Waals surface area (Å²) in [6.45, 7) is 4.44. The van der Waals surface area contributed by atoms with E-state index in [9.17, 15) is 14.4 Å². The van der Waals surface area contributed by atoms with Gasteiger partial charge < -0.3 is 15.3 Å². The number of amides is 2. The molecular formula is C17H22N2O4. The third-order valence-corrected chi connectivity index (χ3v) is 3.98. The van der Waals surface area contributed by atoms with Crippen molar-refractivity contribution in [1.29, 1.82) is 0 Å². The first-order valence-electron chi connectivity index (χ1n) is 7.81. The first kappa shape index (κ1) is 17.0. The van der Waals surface area contributed by atoms with E-state index in [1.165, 1.54) is 0 Å². The monoisotopic (exact) mass is 318 g/mol. The Labute approximate surface area is 135 Å². The van der Waals surface area contributed by atoms with Crippen molar-refractivity contribution in [2.24, 2.45) is 11.8 Å². The van der Waals surface area contributed by atoms with Gasteiger partial charge in [-0.3, -0.25) is 14.4 Å². The van der Waals surface area contributed by atoms with Gasteiger partial charge in [0.15, 0.2) is 0 Å². The van der Waals surface area contributed by atoms with E-state index in [0.717, 1.165) is 0 Å². The van der Waals surface area contributed by atoms with Gasteiger partial charge in [-0.2, -0.15) is 0 Å². The number of carboxylic acids is 1. The lowest BCUT2D eigenvalue weighted by atomic mass is 9.97. The second-order valence-corrected chi connectivity index (χ2v) is 6.15. The van der Waals surface area contributed by atoms with Crippen LogP contribution >= 0.6 is 0 Å². The van der Waals surface area contributed by atoms with Gasteiger partial charge in [0.2, 0.25) is 5.91 Å². The van der Waals surface area contributed by atoms with Gasteiger partial charge in [-0.15, -0.1) is 0 Å². The number of nitrogens with zero attached hydrogens (tertiary/aromatic N) is 1. The number of carbonyl (C=O) groups is 3. The highest BCUT2D eigenvalue weighted by Gasteiger charge is 2.28. The van der Waals surface area contributed by atoms with E-state index in [1.807, 2.05) is 13.8 Å². The zero-order chi connectivity index (χ0) is 17.0. The van der Waals surface area contributed by atoms with Crippen molar-refractivity contribution in [3.05, 3.63) is 29.8 Å². The van der Waals surface area contributed by atoms with Gasteiger partial charge in [-0.1, -0.05) is 13.8 Å². The molecule has 0 aliphatic carbocycles. The largest absolute Gasteiger partial charge is 0.481 e. The van der Waals surface area contributed by atoms with Crippen molar-refractivity contribution in [2.45, 2.75) is 26.7 Å². The Bertz CT molecular complexity index is 595. The molecule has 6 heteroatoms. The number of benzene rings is 1. The van der Waals surface area contributed by atoms with Crippen LogP contribution < -0.4 is 5.32 Å². The number of hydrogen-bond donors (Lipinski definition) is 2. The number of piperidine rings is 1. The Morgan fingerprint density at radius 2 is 1.87 bits per heavy atom. The van der Waals surface area contributed by atoms with Crippen LogP contribution in [-0.4, -0.2) is 40.9 Å². The van der Waals surface area contributed by atoms with E-state index in [2.05, 4.69) is 5.32 Å². The lowest BCUT2D eigenvalue weighted by molar-refractivity contribution is -0.143. The molecule has 23 heavy (non-hydrogen) atoms. The lowest BCUT2D eigenvalue weighted by Gasteiger charge is -2.30. The first-order chi connectivity index (χ1) is 10.9. The summed E-state index contributed by atoms with van der Waals surface area (Å²) in [5, 5.41) is 11.9. The minimum absolute atomic E-state index is 0.0793. The number of rotatable bonds is 4. The van der Waals surface area contributed by atoms with E-state index in [4.69, 9.17) is 5.11 Å². The SMILES string of the molecule is CC(C)C(=O)Nc1ccc(C(=O)N2CCC[C@@H](C(=O)O)C2)cc1. The molecule has 0 radical (unpaired) electrons. The Hall–Kier alpha value is -2.37. The van der Waals surface area contributed by atoms with Crippen LogP contribution in [-0.2, 0) is 9.59 Å². The maximum Gasteiger partial charge on any atom is 0.308 e. The van der Waals surface area contributed by atoms with E-state index in [0.29, 0.717) is 30.6 Å². The highest BCUT2D eigenvalue weighted by molar-refractivity contribution is 5.96. The molecule has 1 saturated heterocycles. The molecule has 2 N–H and O–H groups in total. The maximum absolute atomic E-state index is 12.5. The molecule has 0 spiro atoms. The van der Waals surface area contributed by atoms with Gasteiger partial charge in [0.25, 0.3) is 5.91 Å². The molecule has 1 heterocycles. The summed E-state index contributed by atoms with van der Waals surface area (Å²) in [7, 11) is 0. The van der Waals surface area contributed by atoms with Gasteiger partial charge in [0.05, 0.1) is 5.92 Å². The highest BCUT2D eigenvalue weighted by Crippen LogP contribution is 2.20. The quantitative estimate of drug-likeness (QED) is 0.891. The van der Waals surface area contributed by atoms with E-state index in [-0.39, 0.29) is 24.3 Å². The van der Waals surface area contributed by atoms with Gasteiger partial charge >= 0.3 is 5.97 Å². The molecule has 2 amide bonds. The van der Waals surface area contributed by atoms with Crippen molar-refractivity contribution >= 4 is 23.5 Å². The van der Waals surface area contributed by atoms with Crippen LogP contribution in [0.3, 0.4) is 0 Å². The predicted octanol–water partition coefficient (Wildman–Crippen LogP) is 2.22. The average Bonchev–Trinajstić information content (AvgIpc) is 2.55. The minimum atomic E-state index is -0.853. The van der Waals surface area contributed by atoms with Crippen molar-refractivity contribution in [3.8, 4) is 0 Å².